The zero-order valence-corrected chi connectivity index (χ0v) is 14.8. The van der Waals surface area contributed by atoms with Gasteiger partial charge in [-0.05, 0) is 49.9 Å². The number of fused-ring (bicyclic) bond motifs is 1. The van der Waals surface area contributed by atoms with Crippen LogP contribution in [0, 0.1) is 0 Å². The summed E-state index contributed by atoms with van der Waals surface area (Å²) in [6, 6.07) is 2.91. The van der Waals surface area contributed by atoms with E-state index in [0.717, 1.165) is 6.07 Å². The molecule has 23 heavy (non-hydrogen) atoms. The van der Waals surface area contributed by atoms with Gasteiger partial charge in [0.25, 0.3) is 0 Å². The summed E-state index contributed by atoms with van der Waals surface area (Å²) in [6.45, 7) is 5.46. The Balaban J connectivity index is 2.34. The molecule has 0 radical (unpaired) electrons. The van der Waals surface area contributed by atoms with Crippen LogP contribution in [0.2, 0.25) is 0 Å². The smallest absolute Gasteiger partial charge is 0.416 e. The van der Waals surface area contributed by atoms with Crippen LogP contribution < -0.4 is 0 Å². The largest absolute Gasteiger partial charge is 0.444 e. The van der Waals surface area contributed by atoms with Crippen molar-refractivity contribution in [3.05, 3.63) is 34.4 Å². The van der Waals surface area contributed by atoms with Crippen LogP contribution in [-0.4, -0.2) is 23.1 Å². The molecular weight excluding hydrogens is 375 g/mol. The lowest BCUT2D eigenvalue weighted by Gasteiger charge is -2.32. The van der Waals surface area contributed by atoms with Gasteiger partial charge in [0, 0.05) is 18.4 Å². The first kappa shape index (κ1) is 18.1. The van der Waals surface area contributed by atoms with E-state index < -0.39 is 23.4 Å². The van der Waals surface area contributed by atoms with Gasteiger partial charge in [-0.2, -0.15) is 13.2 Å². The molecule has 1 amide bonds. The second kappa shape index (κ2) is 6.34. The van der Waals surface area contributed by atoms with Gasteiger partial charge in [0.15, 0.2) is 0 Å². The Kier molecular flexibility index (Phi) is 4.99. The van der Waals surface area contributed by atoms with Gasteiger partial charge in [0.05, 0.1) is 5.56 Å². The number of halogens is 4. The van der Waals surface area contributed by atoms with Crippen LogP contribution >= 0.6 is 15.9 Å². The summed E-state index contributed by atoms with van der Waals surface area (Å²) in [5.41, 5.74) is 0.0530. The highest BCUT2D eigenvalue weighted by Gasteiger charge is 2.37. The van der Waals surface area contributed by atoms with Crippen molar-refractivity contribution in [3.8, 4) is 0 Å². The normalized spacial score (nSPS) is 15.3. The SMILES string of the molecule is CC(C)(C)OC(=O)N1CCc2cc(CBr)cc(C(F)(F)F)c2C1. The molecule has 3 nitrogen and oxygen atoms in total. The first-order chi connectivity index (χ1) is 10.5. The first-order valence-electron chi connectivity index (χ1n) is 7.27. The van der Waals surface area contributed by atoms with E-state index in [1.165, 1.54) is 4.90 Å². The molecule has 1 aliphatic heterocycles. The fourth-order valence-corrected chi connectivity index (χ4v) is 2.87. The lowest BCUT2D eigenvalue weighted by molar-refractivity contribution is -0.138. The van der Waals surface area contributed by atoms with Gasteiger partial charge >= 0.3 is 12.3 Å². The summed E-state index contributed by atoms with van der Waals surface area (Å²) < 4.78 is 45.3. The number of hydrogen-bond acceptors (Lipinski definition) is 2. The number of hydrogen-bond donors (Lipinski definition) is 0. The highest BCUT2D eigenvalue weighted by molar-refractivity contribution is 9.08. The molecule has 0 fully saturated rings. The number of benzene rings is 1. The average molecular weight is 394 g/mol. The monoisotopic (exact) mass is 393 g/mol. The predicted molar refractivity (Wildman–Crippen MR) is 84.4 cm³/mol. The maximum Gasteiger partial charge on any atom is 0.416 e. The van der Waals surface area contributed by atoms with Crippen molar-refractivity contribution in [2.45, 2.75) is 50.8 Å². The van der Waals surface area contributed by atoms with Crippen molar-refractivity contribution in [2.75, 3.05) is 6.54 Å². The molecule has 1 heterocycles. The number of amides is 1. The summed E-state index contributed by atoms with van der Waals surface area (Å²) >= 11 is 3.20. The molecule has 0 saturated heterocycles. The topological polar surface area (TPSA) is 29.5 Å². The lowest BCUT2D eigenvalue weighted by atomic mass is 9.92. The Labute approximate surface area is 141 Å². The molecule has 0 unspecified atom stereocenters. The second-order valence-corrected chi connectivity index (χ2v) is 7.13. The average Bonchev–Trinajstić information content (AvgIpc) is 2.42. The van der Waals surface area contributed by atoms with E-state index in [4.69, 9.17) is 4.74 Å². The molecule has 2 rings (SSSR count). The molecule has 1 aromatic rings. The molecule has 0 aliphatic carbocycles. The van der Waals surface area contributed by atoms with Gasteiger partial charge in [-0.1, -0.05) is 22.0 Å². The Bertz CT molecular complexity index is 609. The quantitative estimate of drug-likeness (QED) is 0.635. The van der Waals surface area contributed by atoms with Gasteiger partial charge in [-0.15, -0.1) is 0 Å². The van der Waals surface area contributed by atoms with Crippen LogP contribution in [0.1, 0.15) is 43.0 Å². The standard InChI is InChI=1S/C16H19BrF3NO2/c1-15(2,3)23-14(22)21-5-4-11-6-10(8-17)7-13(12(11)9-21)16(18,19)20/h6-7H,4-5,8-9H2,1-3H3. The van der Waals surface area contributed by atoms with Crippen LogP contribution in [0.5, 0.6) is 0 Å². The third-order valence-electron chi connectivity index (χ3n) is 3.51. The second-order valence-electron chi connectivity index (χ2n) is 6.56. The molecule has 0 N–H and O–H groups in total. The van der Waals surface area contributed by atoms with Crippen LogP contribution in [0.3, 0.4) is 0 Å². The molecule has 0 spiro atoms. The molecule has 0 aromatic heterocycles. The van der Waals surface area contributed by atoms with E-state index >= 15 is 0 Å². The fraction of sp³-hybridized carbons (Fsp3) is 0.562. The maximum absolute atomic E-state index is 13.3. The highest BCUT2D eigenvalue weighted by Crippen LogP contribution is 2.37. The summed E-state index contributed by atoms with van der Waals surface area (Å²) in [6.07, 6.45) is -4.64. The minimum Gasteiger partial charge on any atom is -0.444 e. The van der Waals surface area contributed by atoms with Crippen molar-refractivity contribution in [1.29, 1.82) is 0 Å². The minimum atomic E-state index is -4.45. The van der Waals surface area contributed by atoms with Crippen LogP contribution in [0.15, 0.2) is 12.1 Å². The van der Waals surface area contributed by atoms with Crippen molar-refractivity contribution < 1.29 is 22.7 Å². The third-order valence-corrected chi connectivity index (χ3v) is 4.16. The number of alkyl halides is 4. The zero-order chi connectivity index (χ0) is 17.4. The molecule has 128 valence electrons. The van der Waals surface area contributed by atoms with Crippen molar-refractivity contribution in [3.63, 3.8) is 0 Å². The van der Waals surface area contributed by atoms with Crippen molar-refractivity contribution in [1.82, 2.24) is 4.90 Å². The highest BCUT2D eigenvalue weighted by atomic mass is 79.9. The van der Waals surface area contributed by atoms with E-state index in [-0.39, 0.29) is 12.1 Å². The van der Waals surface area contributed by atoms with Crippen molar-refractivity contribution >= 4 is 22.0 Å². The van der Waals surface area contributed by atoms with Gasteiger partial charge in [-0.25, -0.2) is 4.79 Å². The van der Waals surface area contributed by atoms with Gasteiger partial charge in [-0.3, -0.25) is 0 Å². The van der Waals surface area contributed by atoms with Gasteiger partial charge in [0.2, 0.25) is 0 Å². The number of ether oxygens (including phenoxy) is 1. The molecule has 0 atom stereocenters. The molecule has 0 saturated carbocycles. The number of rotatable bonds is 1. The number of nitrogens with zero attached hydrogens (tertiary/aromatic N) is 1. The summed E-state index contributed by atoms with van der Waals surface area (Å²) in [5, 5.41) is 0.360. The Morgan fingerprint density at radius 3 is 2.48 bits per heavy atom. The summed E-state index contributed by atoms with van der Waals surface area (Å²) in [5.74, 6) is 0. The first-order valence-corrected chi connectivity index (χ1v) is 8.39. The molecule has 1 aliphatic rings. The molecule has 0 bridgehead atoms. The minimum absolute atomic E-state index is 0.0817. The van der Waals surface area contributed by atoms with Gasteiger partial charge in [0.1, 0.15) is 5.60 Å². The predicted octanol–water partition coefficient (Wildman–Crippen LogP) is 4.89. The van der Waals surface area contributed by atoms with E-state index in [0.29, 0.717) is 29.4 Å². The Morgan fingerprint density at radius 2 is 1.96 bits per heavy atom. The number of carbonyl (C=O) groups excluding carboxylic acids is 1. The van der Waals surface area contributed by atoms with E-state index in [2.05, 4.69) is 15.9 Å². The van der Waals surface area contributed by atoms with E-state index in [1.807, 2.05) is 0 Å². The van der Waals surface area contributed by atoms with Gasteiger partial charge < -0.3 is 9.64 Å². The fourth-order valence-electron chi connectivity index (χ4n) is 2.55. The van der Waals surface area contributed by atoms with E-state index in [1.54, 1.807) is 26.8 Å². The molecular formula is C16H19BrF3NO2. The third kappa shape index (κ3) is 4.40. The Hall–Kier alpha value is -1.24. The van der Waals surface area contributed by atoms with Crippen molar-refractivity contribution in [2.24, 2.45) is 0 Å². The molecule has 1 aromatic carbocycles. The van der Waals surface area contributed by atoms with E-state index in [9.17, 15) is 18.0 Å². The lowest BCUT2D eigenvalue weighted by Crippen LogP contribution is -2.40. The van der Waals surface area contributed by atoms with Crippen LogP contribution in [-0.2, 0) is 29.2 Å². The summed E-state index contributed by atoms with van der Waals surface area (Å²) in [4.78, 5) is 13.5. The molecule has 7 heteroatoms. The maximum atomic E-state index is 13.3. The van der Waals surface area contributed by atoms with Crippen LogP contribution in [0.4, 0.5) is 18.0 Å². The Morgan fingerprint density at radius 1 is 1.30 bits per heavy atom. The zero-order valence-electron chi connectivity index (χ0n) is 13.3. The number of carbonyl (C=O) groups is 1. The van der Waals surface area contributed by atoms with Crippen LogP contribution in [0.25, 0.3) is 0 Å². The summed E-state index contributed by atoms with van der Waals surface area (Å²) in [7, 11) is 0.